The van der Waals surface area contributed by atoms with Gasteiger partial charge in [-0.05, 0) is 0 Å². The molecule has 2 rings (SSSR count). The van der Waals surface area contributed by atoms with Gasteiger partial charge in [0.1, 0.15) is 12.7 Å². The van der Waals surface area contributed by atoms with Crippen LogP contribution in [0.15, 0.2) is 12.7 Å². The molecule has 1 amide bonds. The zero-order valence-electron chi connectivity index (χ0n) is 10.6. The van der Waals surface area contributed by atoms with E-state index >= 15 is 0 Å². The van der Waals surface area contributed by atoms with Gasteiger partial charge >= 0.3 is 5.97 Å². The van der Waals surface area contributed by atoms with Crippen LogP contribution in [-0.2, 0) is 16.1 Å². The quantitative estimate of drug-likeness (QED) is 0.728. The van der Waals surface area contributed by atoms with Crippen molar-refractivity contribution in [3.05, 3.63) is 12.7 Å². The van der Waals surface area contributed by atoms with Crippen molar-refractivity contribution in [3.63, 3.8) is 0 Å². The zero-order chi connectivity index (χ0) is 13.7. The standard InChI is InChI=1S/C11H17N5O3/c17-10(1-2-16-9-12-8-13-16)15-5-3-14(4-6-15)7-11(18)19/h8-9H,1-7H2,(H,18,19). The Balaban J connectivity index is 1.71. The number of aromatic nitrogens is 3. The number of aryl methyl sites for hydroxylation is 1. The lowest BCUT2D eigenvalue weighted by atomic mass is 10.2. The van der Waals surface area contributed by atoms with Crippen molar-refractivity contribution in [1.82, 2.24) is 24.6 Å². The number of rotatable bonds is 5. The van der Waals surface area contributed by atoms with E-state index in [1.54, 1.807) is 15.9 Å². The monoisotopic (exact) mass is 267 g/mol. The van der Waals surface area contributed by atoms with Gasteiger partial charge in [-0.25, -0.2) is 4.98 Å². The van der Waals surface area contributed by atoms with Crippen molar-refractivity contribution >= 4 is 11.9 Å². The summed E-state index contributed by atoms with van der Waals surface area (Å²) in [4.78, 5) is 30.0. The summed E-state index contributed by atoms with van der Waals surface area (Å²) < 4.78 is 1.62. The number of piperazine rings is 1. The van der Waals surface area contributed by atoms with Crippen LogP contribution >= 0.6 is 0 Å². The Morgan fingerprint density at radius 3 is 2.53 bits per heavy atom. The largest absolute Gasteiger partial charge is 0.480 e. The third kappa shape index (κ3) is 4.02. The molecule has 1 N–H and O–H groups in total. The first-order valence-corrected chi connectivity index (χ1v) is 6.19. The molecule has 0 aliphatic carbocycles. The minimum Gasteiger partial charge on any atom is -0.480 e. The van der Waals surface area contributed by atoms with Gasteiger partial charge in [-0.1, -0.05) is 0 Å². The number of carbonyl (C=O) groups excluding carboxylic acids is 1. The molecule has 1 saturated heterocycles. The third-order valence-electron chi connectivity index (χ3n) is 3.11. The van der Waals surface area contributed by atoms with Crippen LogP contribution < -0.4 is 0 Å². The molecule has 0 radical (unpaired) electrons. The molecule has 0 spiro atoms. The number of carbonyl (C=O) groups is 2. The molecule has 1 aromatic rings. The highest BCUT2D eigenvalue weighted by molar-refractivity contribution is 5.76. The topological polar surface area (TPSA) is 91.6 Å². The highest BCUT2D eigenvalue weighted by atomic mass is 16.4. The third-order valence-corrected chi connectivity index (χ3v) is 3.11. The summed E-state index contributed by atoms with van der Waals surface area (Å²) in [5.41, 5.74) is 0. The van der Waals surface area contributed by atoms with E-state index in [0.717, 1.165) is 0 Å². The first-order valence-electron chi connectivity index (χ1n) is 6.19. The Morgan fingerprint density at radius 2 is 1.95 bits per heavy atom. The molecule has 0 aromatic carbocycles. The summed E-state index contributed by atoms with van der Waals surface area (Å²) >= 11 is 0. The average Bonchev–Trinajstić information content (AvgIpc) is 2.89. The predicted octanol–water partition coefficient (Wildman–Crippen LogP) is -1.10. The lowest BCUT2D eigenvalue weighted by Gasteiger charge is -2.33. The van der Waals surface area contributed by atoms with Gasteiger partial charge in [0.2, 0.25) is 5.91 Å². The number of amides is 1. The van der Waals surface area contributed by atoms with Crippen LogP contribution in [0.1, 0.15) is 6.42 Å². The van der Waals surface area contributed by atoms with Gasteiger partial charge in [0, 0.05) is 32.6 Å². The van der Waals surface area contributed by atoms with Crippen molar-refractivity contribution in [2.24, 2.45) is 0 Å². The van der Waals surface area contributed by atoms with E-state index < -0.39 is 5.97 Å². The second kappa shape index (κ2) is 6.28. The highest BCUT2D eigenvalue weighted by Gasteiger charge is 2.21. The van der Waals surface area contributed by atoms with Crippen LogP contribution in [0.25, 0.3) is 0 Å². The molecule has 19 heavy (non-hydrogen) atoms. The predicted molar refractivity (Wildman–Crippen MR) is 65.3 cm³/mol. The van der Waals surface area contributed by atoms with Crippen LogP contribution in [0.4, 0.5) is 0 Å². The molecule has 0 atom stereocenters. The number of carboxylic acid groups (broad SMARTS) is 1. The van der Waals surface area contributed by atoms with Gasteiger partial charge in [0.25, 0.3) is 0 Å². The molecule has 8 nitrogen and oxygen atoms in total. The maximum absolute atomic E-state index is 12.0. The average molecular weight is 267 g/mol. The maximum atomic E-state index is 12.0. The van der Waals surface area contributed by atoms with E-state index in [1.807, 2.05) is 4.90 Å². The van der Waals surface area contributed by atoms with Gasteiger partial charge in [-0.3, -0.25) is 19.2 Å². The van der Waals surface area contributed by atoms with Crippen LogP contribution in [0.3, 0.4) is 0 Å². The molecular weight excluding hydrogens is 250 g/mol. The minimum atomic E-state index is -0.828. The second-order valence-electron chi connectivity index (χ2n) is 4.46. The van der Waals surface area contributed by atoms with Crippen molar-refractivity contribution < 1.29 is 14.7 Å². The smallest absolute Gasteiger partial charge is 0.317 e. The van der Waals surface area contributed by atoms with Crippen molar-refractivity contribution in [1.29, 1.82) is 0 Å². The van der Waals surface area contributed by atoms with Crippen molar-refractivity contribution in [3.8, 4) is 0 Å². The number of carboxylic acids is 1. The molecule has 1 aliphatic rings. The first kappa shape index (κ1) is 13.5. The number of aliphatic carboxylic acids is 1. The van der Waals surface area contributed by atoms with Crippen LogP contribution in [-0.4, -0.2) is 74.3 Å². The summed E-state index contributed by atoms with van der Waals surface area (Å²) in [6, 6.07) is 0. The van der Waals surface area contributed by atoms with Crippen LogP contribution in [0, 0.1) is 0 Å². The number of hydrogen-bond acceptors (Lipinski definition) is 5. The van der Waals surface area contributed by atoms with E-state index in [-0.39, 0.29) is 12.5 Å². The summed E-state index contributed by atoms with van der Waals surface area (Å²) in [5.74, 6) is -0.753. The summed E-state index contributed by atoms with van der Waals surface area (Å²) in [7, 11) is 0. The maximum Gasteiger partial charge on any atom is 0.317 e. The van der Waals surface area contributed by atoms with E-state index in [4.69, 9.17) is 5.11 Å². The lowest BCUT2D eigenvalue weighted by molar-refractivity contribution is -0.139. The van der Waals surface area contributed by atoms with E-state index in [1.165, 1.54) is 6.33 Å². The molecule has 1 fully saturated rings. The normalized spacial score (nSPS) is 16.5. The molecule has 8 heteroatoms. The molecule has 0 saturated carbocycles. The van der Waals surface area contributed by atoms with Crippen molar-refractivity contribution in [2.75, 3.05) is 32.7 Å². The molecule has 0 bridgehead atoms. The van der Waals surface area contributed by atoms with Crippen LogP contribution in [0.5, 0.6) is 0 Å². The van der Waals surface area contributed by atoms with Gasteiger partial charge in [-0.15, -0.1) is 0 Å². The fourth-order valence-corrected chi connectivity index (χ4v) is 2.06. The Hall–Kier alpha value is -1.96. The molecular formula is C11H17N5O3. The second-order valence-corrected chi connectivity index (χ2v) is 4.46. The summed E-state index contributed by atoms with van der Waals surface area (Å²) in [6.45, 7) is 2.96. The zero-order valence-corrected chi connectivity index (χ0v) is 10.6. The SMILES string of the molecule is O=C(O)CN1CCN(C(=O)CCn2cncn2)CC1. The Labute approximate surface area is 110 Å². The fraction of sp³-hybridized carbons (Fsp3) is 0.636. The molecule has 1 aromatic heterocycles. The number of hydrogen-bond donors (Lipinski definition) is 1. The van der Waals surface area contributed by atoms with E-state index in [0.29, 0.717) is 39.1 Å². The fourth-order valence-electron chi connectivity index (χ4n) is 2.06. The van der Waals surface area contributed by atoms with E-state index in [2.05, 4.69) is 10.1 Å². The van der Waals surface area contributed by atoms with Gasteiger partial charge in [0.15, 0.2) is 0 Å². The summed E-state index contributed by atoms with van der Waals surface area (Å²) in [5, 5.41) is 12.6. The van der Waals surface area contributed by atoms with Gasteiger partial charge in [0.05, 0.1) is 13.1 Å². The number of nitrogens with zero attached hydrogens (tertiary/aromatic N) is 5. The molecule has 2 heterocycles. The van der Waals surface area contributed by atoms with Crippen molar-refractivity contribution in [2.45, 2.75) is 13.0 Å². The Bertz CT molecular complexity index is 426. The molecule has 104 valence electrons. The summed E-state index contributed by atoms with van der Waals surface area (Å²) in [6.07, 6.45) is 3.41. The van der Waals surface area contributed by atoms with Crippen LogP contribution in [0.2, 0.25) is 0 Å². The van der Waals surface area contributed by atoms with E-state index in [9.17, 15) is 9.59 Å². The van der Waals surface area contributed by atoms with Gasteiger partial charge in [-0.2, -0.15) is 5.10 Å². The Morgan fingerprint density at radius 1 is 1.21 bits per heavy atom. The highest BCUT2D eigenvalue weighted by Crippen LogP contribution is 2.04. The Kier molecular flexibility index (Phi) is 4.45. The van der Waals surface area contributed by atoms with Gasteiger partial charge < -0.3 is 10.0 Å². The molecule has 0 unspecified atom stereocenters. The molecule has 1 aliphatic heterocycles. The first-order chi connectivity index (χ1) is 9.15. The minimum absolute atomic E-state index is 0.0426. The lowest BCUT2D eigenvalue weighted by Crippen LogP contribution is -2.50.